The number of nitrogens with one attached hydrogen (secondary N) is 1. The van der Waals surface area contributed by atoms with Gasteiger partial charge in [-0.3, -0.25) is 4.79 Å². The number of carboxylic acids is 2. The number of carbonyl (C=O) groups is 3. The van der Waals surface area contributed by atoms with Crippen LogP contribution in [0, 0.1) is 6.92 Å². The average molecular weight is 489 g/mol. The third-order valence-electron chi connectivity index (χ3n) is 5.00. The second kappa shape index (κ2) is 10.3. The predicted octanol–water partition coefficient (Wildman–Crippen LogP) is 4.86. The first kappa shape index (κ1) is 23.8. The molecule has 0 atom stereocenters. The maximum Gasteiger partial charge on any atom is 0.335 e. The normalized spacial score (nSPS) is 15.3. The Hall–Kier alpha value is -4.37. The van der Waals surface area contributed by atoms with Crippen molar-refractivity contribution in [1.82, 2.24) is 5.32 Å². The molecule has 0 spiro atoms. The van der Waals surface area contributed by atoms with Gasteiger partial charge in [-0.1, -0.05) is 42.0 Å². The van der Waals surface area contributed by atoms with Crippen molar-refractivity contribution < 1.29 is 29.3 Å². The SMILES string of the molecule is Cc1ccc(COc2ccc(/C=C3\SC(=Nc4cc(C(=O)O)cc(C(=O)O)c4)NC3=O)cc2)cc1. The number of nitrogens with zero attached hydrogens (tertiary/aromatic N) is 1. The molecule has 1 heterocycles. The van der Waals surface area contributed by atoms with Crippen molar-refractivity contribution in [3.05, 3.63) is 99.5 Å². The van der Waals surface area contributed by atoms with Crippen LogP contribution in [-0.4, -0.2) is 33.2 Å². The van der Waals surface area contributed by atoms with Gasteiger partial charge in [0.25, 0.3) is 5.91 Å². The molecule has 9 heteroatoms. The lowest BCUT2D eigenvalue weighted by Gasteiger charge is -2.07. The fraction of sp³-hybridized carbons (Fsp3) is 0.0769. The van der Waals surface area contributed by atoms with Crippen molar-refractivity contribution in [1.29, 1.82) is 0 Å². The van der Waals surface area contributed by atoms with Crippen LogP contribution >= 0.6 is 11.8 Å². The lowest BCUT2D eigenvalue weighted by atomic mass is 10.1. The number of carbonyl (C=O) groups excluding carboxylic acids is 1. The van der Waals surface area contributed by atoms with Gasteiger partial charge in [0, 0.05) is 0 Å². The summed E-state index contributed by atoms with van der Waals surface area (Å²) in [5.41, 5.74) is 2.73. The van der Waals surface area contributed by atoms with Crippen molar-refractivity contribution in [3.63, 3.8) is 0 Å². The molecular formula is C26H20N2O6S. The lowest BCUT2D eigenvalue weighted by molar-refractivity contribution is -0.115. The second-order valence-electron chi connectivity index (χ2n) is 7.70. The Morgan fingerprint density at radius 2 is 1.60 bits per heavy atom. The third-order valence-corrected chi connectivity index (χ3v) is 5.91. The maximum absolute atomic E-state index is 12.4. The van der Waals surface area contributed by atoms with Crippen LogP contribution in [0.3, 0.4) is 0 Å². The zero-order valence-electron chi connectivity index (χ0n) is 18.5. The van der Waals surface area contributed by atoms with Crippen molar-refractivity contribution >= 4 is 46.5 Å². The third kappa shape index (κ3) is 6.15. The van der Waals surface area contributed by atoms with E-state index in [2.05, 4.69) is 10.3 Å². The molecule has 3 N–H and O–H groups in total. The first-order chi connectivity index (χ1) is 16.8. The summed E-state index contributed by atoms with van der Waals surface area (Å²) >= 11 is 1.07. The number of carboxylic acid groups (broad SMARTS) is 2. The van der Waals surface area contributed by atoms with E-state index in [4.69, 9.17) is 4.74 Å². The van der Waals surface area contributed by atoms with Crippen molar-refractivity contribution in [3.8, 4) is 5.75 Å². The van der Waals surface area contributed by atoms with E-state index in [1.165, 1.54) is 17.7 Å². The van der Waals surface area contributed by atoms with E-state index < -0.39 is 11.9 Å². The summed E-state index contributed by atoms with van der Waals surface area (Å²) in [6, 6.07) is 18.9. The van der Waals surface area contributed by atoms with Gasteiger partial charge >= 0.3 is 11.9 Å². The molecule has 35 heavy (non-hydrogen) atoms. The van der Waals surface area contributed by atoms with Crippen LogP contribution < -0.4 is 10.1 Å². The van der Waals surface area contributed by atoms with Crippen LogP contribution in [0.25, 0.3) is 6.08 Å². The Kier molecular flexibility index (Phi) is 6.98. The summed E-state index contributed by atoms with van der Waals surface area (Å²) < 4.78 is 5.81. The first-order valence-electron chi connectivity index (χ1n) is 10.5. The molecule has 3 aromatic carbocycles. The fourth-order valence-corrected chi connectivity index (χ4v) is 4.02. The van der Waals surface area contributed by atoms with Crippen molar-refractivity contribution in [2.24, 2.45) is 4.99 Å². The molecule has 1 aliphatic heterocycles. The van der Waals surface area contributed by atoms with E-state index in [1.54, 1.807) is 6.08 Å². The number of aliphatic imine (C=N–C) groups is 1. The van der Waals surface area contributed by atoms with Crippen LogP contribution in [0.4, 0.5) is 5.69 Å². The molecule has 1 aliphatic rings. The van der Waals surface area contributed by atoms with Crippen LogP contribution in [0.15, 0.2) is 76.6 Å². The molecule has 1 saturated heterocycles. The van der Waals surface area contributed by atoms with Crippen LogP contribution in [0.1, 0.15) is 37.4 Å². The lowest BCUT2D eigenvalue weighted by Crippen LogP contribution is -2.19. The Morgan fingerprint density at radius 3 is 2.20 bits per heavy atom. The molecule has 0 saturated carbocycles. The van der Waals surface area contributed by atoms with Gasteiger partial charge in [-0.15, -0.1) is 0 Å². The number of benzene rings is 3. The smallest absolute Gasteiger partial charge is 0.335 e. The Balaban J connectivity index is 1.46. The van der Waals surface area contributed by atoms with E-state index in [0.717, 1.165) is 29.0 Å². The van der Waals surface area contributed by atoms with Crippen molar-refractivity contribution in [2.45, 2.75) is 13.5 Å². The zero-order valence-corrected chi connectivity index (χ0v) is 19.3. The first-order valence-corrected chi connectivity index (χ1v) is 11.3. The second-order valence-corrected chi connectivity index (χ2v) is 8.73. The predicted molar refractivity (Wildman–Crippen MR) is 133 cm³/mol. The highest BCUT2D eigenvalue weighted by Crippen LogP contribution is 2.29. The molecule has 1 amide bonds. The van der Waals surface area contributed by atoms with Gasteiger partial charge in [0.2, 0.25) is 0 Å². The summed E-state index contributed by atoms with van der Waals surface area (Å²) in [6.45, 7) is 2.48. The summed E-state index contributed by atoms with van der Waals surface area (Å²) in [7, 11) is 0. The largest absolute Gasteiger partial charge is 0.489 e. The molecule has 176 valence electrons. The topological polar surface area (TPSA) is 125 Å². The maximum atomic E-state index is 12.4. The van der Waals surface area contributed by atoms with E-state index in [9.17, 15) is 24.6 Å². The molecule has 0 radical (unpaired) electrons. The van der Waals surface area contributed by atoms with Crippen LogP contribution in [0.2, 0.25) is 0 Å². The molecule has 0 aromatic heterocycles. The van der Waals surface area contributed by atoms with Gasteiger partial charge in [-0.25, -0.2) is 14.6 Å². The summed E-state index contributed by atoms with van der Waals surface area (Å²) in [4.78, 5) is 39.6. The number of hydrogen-bond acceptors (Lipinski definition) is 6. The van der Waals surface area contributed by atoms with Gasteiger partial charge in [0.05, 0.1) is 21.7 Å². The molecule has 0 aliphatic carbocycles. The highest BCUT2D eigenvalue weighted by Gasteiger charge is 2.24. The minimum Gasteiger partial charge on any atom is -0.489 e. The monoisotopic (exact) mass is 488 g/mol. The number of aryl methyl sites for hydroxylation is 1. The standard InChI is InChI=1S/C26H20N2O6S/c1-15-2-4-17(5-3-15)14-34-21-8-6-16(7-9-21)10-22-23(29)28-26(35-22)27-20-12-18(24(30)31)11-19(13-20)25(32)33/h2-13H,14H2,1H3,(H,30,31)(H,32,33)(H,27,28,29)/b22-10-. The molecule has 0 unspecified atom stereocenters. The number of rotatable bonds is 7. The zero-order chi connectivity index (χ0) is 24.9. The van der Waals surface area contributed by atoms with Gasteiger partial charge < -0.3 is 20.3 Å². The molecule has 3 aromatic rings. The number of thioether (sulfide) groups is 1. The summed E-state index contributed by atoms with van der Waals surface area (Å²) in [6.07, 6.45) is 1.70. The minimum atomic E-state index is -1.27. The van der Waals surface area contributed by atoms with Crippen LogP contribution in [0.5, 0.6) is 5.75 Å². The van der Waals surface area contributed by atoms with Gasteiger partial charge in [-0.2, -0.15) is 0 Å². The van der Waals surface area contributed by atoms with Gasteiger partial charge in [0.15, 0.2) is 5.17 Å². The quantitative estimate of drug-likeness (QED) is 0.406. The fourth-order valence-electron chi connectivity index (χ4n) is 3.18. The summed E-state index contributed by atoms with van der Waals surface area (Å²) in [5, 5.41) is 21.3. The highest BCUT2D eigenvalue weighted by molar-refractivity contribution is 8.18. The van der Waals surface area contributed by atoms with E-state index in [1.807, 2.05) is 55.5 Å². The van der Waals surface area contributed by atoms with Gasteiger partial charge in [0.1, 0.15) is 12.4 Å². The van der Waals surface area contributed by atoms with E-state index in [0.29, 0.717) is 17.3 Å². The minimum absolute atomic E-state index is 0.112. The molecule has 8 nitrogen and oxygen atoms in total. The molecule has 1 fully saturated rings. The number of aromatic carboxylic acids is 2. The Morgan fingerprint density at radius 1 is 0.971 bits per heavy atom. The van der Waals surface area contributed by atoms with E-state index >= 15 is 0 Å². The highest BCUT2D eigenvalue weighted by atomic mass is 32.2. The number of hydrogen-bond donors (Lipinski definition) is 3. The molecular weight excluding hydrogens is 468 g/mol. The Bertz CT molecular complexity index is 1330. The summed E-state index contributed by atoms with van der Waals surface area (Å²) in [5.74, 6) is -2.21. The molecule has 0 bridgehead atoms. The van der Waals surface area contributed by atoms with E-state index in [-0.39, 0.29) is 27.9 Å². The number of amides is 1. The van der Waals surface area contributed by atoms with Gasteiger partial charge in [-0.05, 0) is 66.2 Å². The number of ether oxygens (including phenoxy) is 1. The number of amidine groups is 1. The van der Waals surface area contributed by atoms with Crippen LogP contribution in [-0.2, 0) is 11.4 Å². The average Bonchev–Trinajstić information content (AvgIpc) is 3.17. The Labute approximate surface area is 205 Å². The molecule has 4 rings (SSSR count). The van der Waals surface area contributed by atoms with Crippen molar-refractivity contribution in [2.75, 3.05) is 0 Å².